The molecular formula is C23H30ClN5OS. The highest BCUT2D eigenvalue weighted by atomic mass is 35.5. The van der Waals surface area contributed by atoms with Gasteiger partial charge in [-0.1, -0.05) is 23.7 Å². The molecule has 0 unspecified atom stereocenters. The number of piperidine rings is 1. The Balaban J connectivity index is 1.43. The molecule has 3 heterocycles. The fraction of sp³-hybridized carbons (Fsp3) is 0.522. The molecule has 1 aromatic heterocycles. The molecule has 2 saturated heterocycles. The maximum atomic E-state index is 6.11. The topological polar surface area (TPSA) is 62.3 Å². The molecule has 0 atom stereocenters. The van der Waals surface area contributed by atoms with Crippen molar-refractivity contribution >= 4 is 40.7 Å². The Morgan fingerprint density at radius 2 is 1.84 bits per heavy atom. The molecule has 2 N–H and O–H groups in total. The third-order valence-electron chi connectivity index (χ3n) is 6.24. The van der Waals surface area contributed by atoms with Gasteiger partial charge < -0.3 is 20.3 Å². The van der Waals surface area contributed by atoms with Crippen LogP contribution in [-0.2, 0) is 10.2 Å². The molecule has 4 rings (SSSR count). The molecule has 2 fully saturated rings. The van der Waals surface area contributed by atoms with Crippen LogP contribution in [0.5, 0.6) is 0 Å². The third-order valence-corrected chi connectivity index (χ3v) is 6.74. The molecule has 1 aromatic carbocycles. The van der Waals surface area contributed by atoms with Gasteiger partial charge in [0, 0.05) is 55.0 Å². The zero-order chi connectivity index (χ0) is 21.7. The standard InChI is InChI=1S/C23H30ClN5OS/c1-17-15-20(29-11-3-2-4-12-29)27-21(26-17)28-22(31)25-16-23(9-13-30-14-10-23)18-5-7-19(24)8-6-18/h5-8,15H,2-4,9-14,16H2,1H3,(H2,25,26,27,28,31). The molecule has 8 heteroatoms. The van der Waals surface area contributed by atoms with Crippen LogP contribution in [0.25, 0.3) is 0 Å². The molecular weight excluding hydrogens is 430 g/mol. The second-order valence-corrected chi connectivity index (χ2v) is 9.29. The van der Waals surface area contributed by atoms with Gasteiger partial charge in [-0.2, -0.15) is 4.98 Å². The highest BCUT2D eigenvalue weighted by molar-refractivity contribution is 7.80. The first-order valence-electron chi connectivity index (χ1n) is 11.0. The van der Waals surface area contributed by atoms with Gasteiger partial charge in [0.25, 0.3) is 0 Å². The summed E-state index contributed by atoms with van der Waals surface area (Å²) in [6.07, 6.45) is 5.58. The minimum Gasteiger partial charge on any atom is -0.381 e. The predicted molar refractivity (Wildman–Crippen MR) is 130 cm³/mol. The zero-order valence-corrected chi connectivity index (χ0v) is 19.6. The van der Waals surface area contributed by atoms with E-state index in [0.717, 1.165) is 55.7 Å². The van der Waals surface area contributed by atoms with Crippen LogP contribution in [0.1, 0.15) is 43.4 Å². The van der Waals surface area contributed by atoms with E-state index in [9.17, 15) is 0 Å². The van der Waals surface area contributed by atoms with E-state index in [1.807, 2.05) is 25.1 Å². The van der Waals surface area contributed by atoms with Gasteiger partial charge in [-0.3, -0.25) is 0 Å². The number of halogens is 1. The monoisotopic (exact) mass is 459 g/mol. The molecule has 2 aliphatic heterocycles. The first-order valence-corrected chi connectivity index (χ1v) is 11.8. The lowest BCUT2D eigenvalue weighted by Gasteiger charge is -2.38. The van der Waals surface area contributed by atoms with Crippen LogP contribution in [0.4, 0.5) is 11.8 Å². The number of anilines is 2. The maximum absolute atomic E-state index is 6.11. The van der Waals surface area contributed by atoms with Crippen molar-refractivity contribution in [3.8, 4) is 0 Å². The molecule has 0 radical (unpaired) electrons. The van der Waals surface area contributed by atoms with E-state index in [1.54, 1.807) is 0 Å². The van der Waals surface area contributed by atoms with Gasteiger partial charge in [0.2, 0.25) is 5.95 Å². The summed E-state index contributed by atoms with van der Waals surface area (Å²) < 4.78 is 5.63. The third kappa shape index (κ3) is 5.64. The van der Waals surface area contributed by atoms with Gasteiger partial charge in [-0.15, -0.1) is 0 Å². The quantitative estimate of drug-likeness (QED) is 0.640. The Bertz CT molecular complexity index is 895. The maximum Gasteiger partial charge on any atom is 0.231 e. The summed E-state index contributed by atoms with van der Waals surface area (Å²) in [6.45, 7) is 6.28. The normalized spacial score (nSPS) is 18.5. The van der Waals surface area contributed by atoms with Crippen molar-refractivity contribution in [2.75, 3.05) is 43.1 Å². The van der Waals surface area contributed by atoms with Crippen molar-refractivity contribution in [3.05, 3.63) is 46.6 Å². The Morgan fingerprint density at radius 1 is 1.13 bits per heavy atom. The summed E-state index contributed by atoms with van der Waals surface area (Å²) in [6, 6.07) is 10.2. The largest absolute Gasteiger partial charge is 0.381 e. The lowest BCUT2D eigenvalue weighted by Crippen LogP contribution is -2.45. The molecule has 166 valence electrons. The van der Waals surface area contributed by atoms with Crippen LogP contribution in [0.15, 0.2) is 30.3 Å². The summed E-state index contributed by atoms with van der Waals surface area (Å²) in [4.78, 5) is 11.6. The van der Waals surface area contributed by atoms with Crippen LogP contribution in [0.3, 0.4) is 0 Å². The molecule has 2 aromatic rings. The van der Waals surface area contributed by atoms with Crippen LogP contribution in [-0.4, -0.2) is 47.9 Å². The Labute approximate surface area is 194 Å². The summed E-state index contributed by atoms with van der Waals surface area (Å²) in [5.74, 6) is 1.52. The average Bonchev–Trinajstić information content (AvgIpc) is 2.79. The molecule has 6 nitrogen and oxygen atoms in total. The number of aryl methyl sites for hydroxylation is 1. The summed E-state index contributed by atoms with van der Waals surface area (Å²) >= 11 is 11.7. The van der Waals surface area contributed by atoms with Gasteiger partial charge in [0.1, 0.15) is 5.82 Å². The smallest absolute Gasteiger partial charge is 0.231 e. The van der Waals surface area contributed by atoms with Crippen LogP contribution in [0.2, 0.25) is 5.02 Å². The molecule has 0 bridgehead atoms. The molecule has 0 aliphatic carbocycles. The molecule has 0 saturated carbocycles. The van der Waals surface area contributed by atoms with E-state index >= 15 is 0 Å². The fourth-order valence-corrected chi connectivity index (χ4v) is 4.71. The number of rotatable bonds is 5. The second kappa shape index (κ2) is 10.1. The second-order valence-electron chi connectivity index (χ2n) is 8.45. The minimum atomic E-state index is -0.0407. The number of hydrogen-bond donors (Lipinski definition) is 2. The zero-order valence-electron chi connectivity index (χ0n) is 18.0. The lowest BCUT2D eigenvalue weighted by atomic mass is 9.74. The Morgan fingerprint density at radius 3 is 2.55 bits per heavy atom. The summed E-state index contributed by atoms with van der Waals surface area (Å²) in [5.41, 5.74) is 2.15. The molecule has 0 amide bonds. The summed E-state index contributed by atoms with van der Waals surface area (Å²) in [7, 11) is 0. The van der Waals surface area contributed by atoms with Crippen LogP contribution >= 0.6 is 23.8 Å². The molecule has 31 heavy (non-hydrogen) atoms. The number of benzene rings is 1. The van der Waals surface area contributed by atoms with E-state index in [0.29, 0.717) is 17.6 Å². The fourth-order valence-electron chi connectivity index (χ4n) is 4.42. The number of nitrogens with zero attached hydrogens (tertiary/aromatic N) is 3. The van der Waals surface area contributed by atoms with E-state index in [-0.39, 0.29) is 5.41 Å². The van der Waals surface area contributed by atoms with Crippen molar-refractivity contribution < 1.29 is 4.74 Å². The van der Waals surface area contributed by atoms with E-state index in [2.05, 4.69) is 32.7 Å². The van der Waals surface area contributed by atoms with Gasteiger partial charge >= 0.3 is 0 Å². The lowest BCUT2D eigenvalue weighted by molar-refractivity contribution is 0.0515. The van der Waals surface area contributed by atoms with Crippen LogP contribution in [0, 0.1) is 6.92 Å². The SMILES string of the molecule is Cc1cc(N2CCCCC2)nc(NC(=S)NCC2(c3ccc(Cl)cc3)CCOCC2)n1. The Kier molecular flexibility index (Phi) is 7.25. The minimum absolute atomic E-state index is 0.0407. The summed E-state index contributed by atoms with van der Waals surface area (Å²) in [5, 5.41) is 7.89. The van der Waals surface area contributed by atoms with E-state index < -0.39 is 0 Å². The molecule has 2 aliphatic rings. The Hall–Kier alpha value is -1.96. The highest BCUT2D eigenvalue weighted by Gasteiger charge is 2.34. The number of aromatic nitrogens is 2. The molecule has 0 spiro atoms. The van der Waals surface area contributed by atoms with Crippen molar-refractivity contribution in [2.45, 2.75) is 44.4 Å². The van der Waals surface area contributed by atoms with Crippen molar-refractivity contribution in [3.63, 3.8) is 0 Å². The first kappa shape index (κ1) is 22.2. The highest BCUT2D eigenvalue weighted by Crippen LogP contribution is 2.35. The van der Waals surface area contributed by atoms with Crippen molar-refractivity contribution in [2.24, 2.45) is 0 Å². The van der Waals surface area contributed by atoms with Gasteiger partial charge in [-0.25, -0.2) is 4.98 Å². The van der Waals surface area contributed by atoms with Crippen LogP contribution < -0.4 is 15.5 Å². The van der Waals surface area contributed by atoms with Gasteiger partial charge in [0.15, 0.2) is 5.11 Å². The average molecular weight is 460 g/mol. The van der Waals surface area contributed by atoms with Crippen molar-refractivity contribution in [1.82, 2.24) is 15.3 Å². The van der Waals surface area contributed by atoms with E-state index in [4.69, 9.17) is 33.5 Å². The van der Waals surface area contributed by atoms with Crippen molar-refractivity contribution in [1.29, 1.82) is 0 Å². The number of thiocarbonyl (C=S) groups is 1. The van der Waals surface area contributed by atoms with Gasteiger partial charge in [-0.05, 0) is 68.9 Å². The number of nitrogens with one attached hydrogen (secondary N) is 2. The van der Waals surface area contributed by atoms with Gasteiger partial charge in [0.05, 0.1) is 0 Å². The van der Waals surface area contributed by atoms with E-state index in [1.165, 1.54) is 24.8 Å². The number of hydrogen-bond acceptors (Lipinski definition) is 5. The number of ether oxygens (including phenoxy) is 1. The first-order chi connectivity index (χ1) is 15.0. The predicted octanol–water partition coefficient (Wildman–Crippen LogP) is 4.46.